The van der Waals surface area contributed by atoms with Gasteiger partial charge in [0.15, 0.2) is 5.82 Å². The first-order valence-corrected chi connectivity index (χ1v) is 7.30. The third-order valence-electron chi connectivity index (χ3n) is 3.08. The monoisotopic (exact) mass is 269 g/mol. The number of anilines is 1. The molecule has 0 radical (unpaired) electrons. The van der Waals surface area contributed by atoms with Crippen molar-refractivity contribution in [2.75, 3.05) is 11.4 Å². The fourth-order valence-corrected chi connectivity index (χ4v) is 2.27. The average Bonchev–Trinajstić information content (AvgIpc) is 2.38. The second-order valence-corrected chi connectivity index (χ2v) is 5.30. The lowest BCUT2D eigenvalue weighted by atomic mass is 10.1. The highest BCUT2D eigenvalue weighted by molar-refractivity contribution is 6.16. The summed E-state index contributed by atoms with van der Waals surface area (Å²) in [6.07, 6.45) is 2.25. The van der Waals surface area contributed by atoms with E-state index >= 15 is 0 Å². The van der Waals surface area contributed by atoms with Crippen molar-refractivity contribution in [1.29, 1.82) is 0 Å². The van der Waals surface area contributed by atoms with Gasteiger partial charge in [-0.25, -0.2) is 0 Å². The van der Waals surface area contributed by atoms with Gasteiger partial charge >= 0.3 is 0 Å². The molecule has 0 unspecified atom stereocenters. The van der Waals surface area contributed by atoms with Gasteiger partial charge in [-0.05, 0) is 30.9 Å². The topological polar surface area (TPSA) is 29.0 Å². The highest BCUT2D eigenvalue weighted by Gasteiger charge is 2.18. The number of hydrogen-bond acceptors (Lipinski definition) is 3. The first kappa shape index (κ1) is 15.2. The molecule has 0 N–H and O–H groups in total. The maximum absolute atomic E-state index is 5.74. The van der Waals surface area contributed by atoms with Gasteiger partial charge in [0.25, 0.3) is 0 Å². The van der Waals surface area contributed by atoms with E-state index in [1.807, 2.05) is 12.1 Å². The molecule has 0 atom stereocenters. The molecule has 0 saturated heterocycles. The smallest absolute Gasteiger partial charge is 0.151 e. The van der Waals surface area contributed by atoms with Crippen LogP contribution in [0.5, 0.6) is 0 Å². The summed E-state index contributed by atoms with van der Waals surface area (Å²) in [5, 5.41) is 8.46. The molecule has 1 rings (SSSR count). The lowest BCUT2D eigenvalue weighted by Gasteiger charge is -2.32. The lowest BCUT2D eigenvalue weighted by Crippen LogP contribution is -2.38. The van der Waals surface area contributed by atoms with Crippen LogP contribution in [0.1, 0.15) is 46.2 Å². The molecule has 3 nitrogen and oxygen atoms in total. The van der Waals surface area contributed by atoms with Crippen molar-refractivity contribution in [3.63, 3.8) is 0 Å². The molecular formula is C14H24ClN3. The van der Waals surface area contributed by atoms with Gasteiger partial charge in [-0.2, -0.15) is 5.10 Å². The highest BCUT2D eigenvalue weighted by atomic mass is 35.5. The van der Waals surface area contributed by atoms with E-state index in [9.17, 15) is 0 Å². The predicted octanol–water partition coefficient (Wildman–Crippen LogP) is 3.87. The Hall–Kier alpha value is -0.830. The Labute approximate surface area is 116 Å². The molecule has 1 heterocycles. The van der Waals surface area contributed by atoms with Crippen molar-refractivity contribution >= 4 is 17.4 Å². The van der Waals surface area contributed by atoms with E-state index in [0.717, 1.165) is 30.9 Å². The molecule has 0 bridgehead atoms. The van der Waals surface area contributed by atoms with Crippen molar-refractivity contribution in [3.8, 4) is 0 Å². The first-order valence-electron chi connectivity index (χ1n) is 6.77. The number of alkyl halides is 1. The summed E-state index contributed by atoms with van der Waals surface area (Å²) in [6.45, 7) is 9.93. The molecule has 0 spiro atoms. The molecule has 0 amide bonds. The highest BCUT2D eigenvalue weighted by Crippen LogP contribution is 2.19. The van der Waals surface area contributed by atoms with Gasteiger partial charge in [-0.3, -0.25) is 0 Å². The Bertz CT molecular complexity index is 333. The second-order valence-electron chi connectivity index (χ2n) is 5.03. The van der Waals surface area contributed by atoms with Crippen LogP contribution in [0.25, 0.3) is 0 Å². The fraction of sp³-hybridized carbons (Fsp3) is 0.714. The van der Waals surface area contributed by atoms with Gasteiger partial charge in [0.1, 0.15) is 0 Å². The van der Waals surface area contributed by atoms with E-state index in [0.29, 0.717) is 17.8 Å². The number of hydrogen-bond donors (Lipinski definition) is 0. The molecule has 1 aromatic rings. The molecule has 4 heteroatoms. The maximum atomic E-state index is 5.74. The van der Waals surface area contributed by atoms with Crippen molar-refractivity contribution in [1.82, 2.24) is 10.2 Å². The van der Waals surface area contributed by atoms with Crippen molar-refractivity contribution in [2.24, 2.45) is 5.92 Å². The summed E-state index contributed by atoms with van der Waals surface area (Å²) in [7, 11) is 0. The van der Waals surface area contributed by atoms with E-state index in [2.05, 4.69) is 42.8 Å². The SMILES string of the molecule is CCC(CC)N(CC(C)C)c1ccc(CCl)nn1. The van der Waals surface area contributed by atoms with Gasteiger partial charge < -0.3 is 4.90 Å². The maximum Gasteiger partial charge on any atom is 0.151 e. The Balaban J connectivity index is 2.92. The zero-order chi connectivity index (χ0) is 13.5. The molecule has 0 fully saturated rings. The summed E-state index contributed by atoms with van der Waals surface area (Å²) in [5.74, 6) is 1.99. The summed E-state index contributed by atoms with van der Waals surface area (Å²) in [6, 6.07) is 4.53. The van der Waals surface area contributed by atoms with Crippen LogP contribution in [0, 0.1) is 5.92 Å². The minimum atomic E-state index is 0.419. The van der Waals surface area contributed by atoms with E-state index < -0.39 is 0 Å². The number of halogens is 1. The van der Waals surface area contributed by atoms with Crippen LogP contribution in [0.3, 0.4) is 0 Å². The Morgan fingerprint density at radius 2 is 1.83 bits per heavy atom. The van der Waals surface area contributed by atoms with E-state index in [4.69, 9.17) is 11.6 Å². The van der Waals surface area contributed by atoms with Crippen LogP contribution in [0.2, 0.25) is 0 Å². The quantitative estimate of drug-likeness (QED) is 0.704. The minimum Gasteiger partial charge on any atom is -0.352 e. The molecule has 0 saturated carbocycles. The van der Waals surface area contributed by atoms with E-state index in [-0.39, 0.29) is 0 Å². The zero-order valence-electron chi connectivity index (χ0n) is 11.9. The zero-order valence-corrected chi connectivity index (χ0v) is 12.6. The number of nitrogens with zero attached hydrogens (tertiary/aromatic N) is 3. The molecular weight excluding hydrogens is 246 g/mol. The molecule has 0 aromatic carbocycles. The van der Waals surface area contributed by atoms with Gasteiger partial charge in [-0.1, -0.05) is 27.7 Å². The number of rotatable bonds is 7. The van der Waals surface area contributed by atoms with E-state index in [1.54, 1.807) is 0 Å². The van der Waals surface area contributed by atoms with Gasteiger partial charge in [0.05, 0.1) is 11.6 Å². The van der Waals surface area contributed by atoms with Crippen molar-refractivity contribution < 1.29 is 0 Å². The second kappa shape index (κ2) is 7.57. The summed E-state index contributed by atoms with van der Waals surface area (Å²) in [4.78, 5) is 2.37. The van der Waals surface area contributed by atoms with Crippen LogP contribution >= 0.6 is 11.6 Å². The van der Waals surface area contributed by atoms with Crippen molar-refractivity contribution in [3.05, 3.63) is 17.8 Å². The van der Waals surface area contributed by atoms with Crippen molar-refractivity contribution in [2.45, 2.75) is 52.5 Å². The van der Waals surface area contributed by atoms with Crippen LogP contribution in [-0.4, -0.2) is 22.8 Å². The fourth-order valence-electron chi connectivity index (χ4n) is 2.13. The molecule has 18 heavy (non-hydrogen) atoms. The van der Waals surface area contributed by atoms with E-state index in [1.165, 1.54) is 0 Å². The molecule has 102 valence electrons. The van der Waals surface area contributed by atoms with Gasteiger partial charge in [-0.15, -0.1) is 16.7 Å². The average molecular weight is 270 g/mol. The number of aromatic nitrogens is 2. The third kappa shape index (κ3) is 4.13. The summed E-state index contributed by atoms with van der Waals surface area (Å²) in [5.41, 5.74) is 0.828. The largest absolute Gasteiger partial charge is 0.352 e. The molecule has 0 aliphatic heterocycles. The predicted molar refractivity (Wildman–Crippen MR) is 78.1 cm³/mol. The van der Waals surface area contributed by atoms with Gasteiger partial charge in [0.2, 0.25) is 0 Å². The molecule has 1 aromatic heterocycles. The minimum absolute atomic E-state index is 0.419. The first-order chi connectivity index (χ1) is 8.62. The Kier molecular flexibility index (Phi) is 6.41. The summed E-state index contributed by atoms with van der Waals surface area (Å²) < 4.78 is 0. The summed E-state index contributed by atoms with van der Waals surface area (Å²) >= 11 is 5.74. The Morgan fingerprint density at radius 3 is 2.22 bits per heavy atom. The van der Waals surface area contributed by atoms with Crippen LogP contribution in [-0.2, 0) is 5.88 Å². The Morgan fingerprint density at radius 1 is 1.17 bits per heavy atom. The van der Waals surface area contributed by atoms with Crippen LogP contribution in [0.15, 0.2) is 12.1 Å². The van der Waals surface area contributed by atoms with Crippen LogP contribution < -0.4 is 4.90 Å². The normalized spacial score (nSPS) is 11.3. The van der Waals surface area contributed by atoms with Gasteiger partial charge in [0, 0.05) is 12.6 Å². The molecule has 0 aliphatic rings. The standard InChI is InChI=1S/C14H24ClN3/c1-5-13(6-2)18(10-11(3)4)14-8-7-12(9-15)16-17-14/h7-8,11,13H,5-6,9-10H2,1-4H3. The third-order valence-corrected chi connectivity index (χ3v) is 3.36. The van der Waals surface area contributed by atoms with Crippen LogP contribution in [0.4, 0.5) is 5.82 Å². The lowest BCUT2D eigenvalue weighted by molar-refractivity contribution is 0.501. The molecule has 0 aliphatic carbocycles.